The summed E-state index contributed by atoms with van der Waals surface area (Å²) >= 11 is 0. The largest absolute Gasteiger partial charge is 0.314 e. The van der Waals surface area contributed by atoms with Crippen LogP contribution >= 0.6 is 0 Å². The molecule has 0 aliphatic carbocycles. The van der Waals surface area contributed by atoms with Crippen LogP contribution in [-0.4, -0.2) is 44.3 Å². The van der Waals surface area contributed by atoms with Crippen LogP contribution in [0, 0.1) is 0 Å². The third-order valence-corrected chi connectivity index (χ3v) is 2.50. The number of hydrogen-bond donors (Lipinski definition) is 2. The van der Waals surface area contributed by atoms with Crippen LogP contribution < -0.4 is 10.6 Å². The Morgan fingerprint density at radius 2 is 2.00 bits per heavy atom. The van der Waals surface area contributed by atoms with E-state index in [0.29, 0.717) is 0 Å². The molecule has 0 spiro atoms. The van der Waals surface area contributed by atoms with E-state index in [4.69, 9.17) is 0 Å². The summed E-state index contributed by atoms with van der Waals surface area (Å²) in [5.74, 6) is 0. The first kappa shape index (κ1) is 11.0. The van der Waals surface area contributed by atoms with Crippen molar-refractivity contribution >= 4 is 0 Å². The molecule has 0 aromatic heterocycles. The zero-order valence-corrected chi connectivity index (χ0v) is 8.81. The minimum absolute atomic E-state index is 1.07. The molecule has 1 aliphatic heterocycles. The monoisotopic (exact) mass is 185 g/mol. The van der Waals surface area contributed by atoms with Gasteiger partial charge in [-0.3, -0.25) is 4.90 Å². The number of hydrogen-bond acceptors (Lipinski definition) is 3. The van der Waals surface area contributed by atoms with E-state index in [9.17, 15) is 0 Å². The Labute approximate surface area is 81.9 Å². The molecule has 2 N–H and O–H groups in total. The van der Waals surface area contributed by atoms with Crippen molar-refractivity contribution in [2.75, 3.05) is 39.4 Å². The molecule has 0 aromatic carbocycles. The molecule has 78 valence electrons. The number of piperazine rings is 1. The van der Waals surface area contributed by atoms with Crippen molar-refractivity contribution in [2.24, 2.45) is 0 Å². The highest BCUT2D eigenvalue weighted by Crippen LogP contribution is 1.92. The van der Waals surface area contributed by atoms with Gasteiger partial charge in [-0.25, -0.2) is 0 Å². The Kier molecular flexibility index (Phi) is 6.15. The predicted octanol–water partition coefficient (Wildman–Crippen LogP) is 0.629. The van der Waals surface area contributed by atoms with Gasteiger partial charge in [0, 0.05) is 32.8 Å². The molecule has 0 unspecified atom stereocenters. The van der Waals surface area contributed by atoms with Crippen molar-refractivity contribution in [1.82, 2.24) is 15.5 Å². The van der Waals surface area contributed by atoms with Gasteiger partial charge in [-0.2, -0.15) is 0 Å². The van der Waals surface area contributed by atoms with Crippen LogP contribution in [0.2, 0.25) is 0 Å². The van der Waals surface area contributed by atoms with Crippen molar-refractivity contribution < 1.29 is 0 Å². The van der Waals surface area contributed by atoms with Crippen LogP contribution in [0.1, 0.15) is 26.2 Å². The summed E-state index contributed by atoms with van der Waals surface area (Å²) in [4.78, 5) is 2.47. The highest BCUT2D eigenvalue weighted by molar-refractivity contribution is 4.66. The summed E-state index contributed by atoms with van der Waals surface area (Å²) in [7, 11) is 0. The smallest absolute Gasteiger partial charge is 0.0481 e. The van der Waals surface area contributed by atoms with Crippen LogP contribution in [0.15, 0.2) is 0 Å². The maximum Gasteiger partial charge on any atom is 0.0481 e. The van der Waals surface area contributed by atoms with Gasteiger partial charge in [0.2, 0.25) is 0 Å². The normalized spacial score (nSPS) is 19.2. The summed E-state index contributed by atoms with van der Waals surface area (Å²) in [5, 5.41) is 6.84. The SMILES string of the molecule is CCCCCNCN1CCNCC1. The molecule has 13 heavy (non-hydrogen) atoms. The molecule has 1 rings (SSSR count). The fourth-order valence-electron chi connectivity index (χ4n) is 1.61. The molecule has 1 heterocycles. The van der Waals surface area contributed by atoms with Crippen molar-refractivity contribution in [2.45, 2.75) is 26.2 Å². The fraction of sp³-hybridized carbons (Fsp3) is 1.00. The third kappa shape index (κ3) is 5.24. The van der Waals surface area contributed by atoms with Crippen LogP contribution in [0.5, 0.6) is 0 Å². The molecular formula is C10H23N3. The maximum absolute atomic E-state index is 3.49. The lowest BCUT2D eigenvalue weighted by atomic mass is 10.2. The molecule has 3 nitrogen and oxygen atoms in total. The van der Waals surface area contributed by atoms with E-state index in [0.717, 1.165) is 19.8 Å². The number of nitrogens with zero attached hydrogens (tertiary/aromatic N) is 1. The van der Waals surface area contributed by atoms with Gasteiger partial charge < -0.3 is 10.6 Å². The molecular weight excluding hydrogens is 162 g/mol. The second kappa shape index (κ2) is 7.30. The van der Waals surface area contributed by atoms with Gasteiger partial charge in [0.25, 0.3) is 0 Å². The molecule has 0 atom stereocenters. The highest BCUT2D eigenvalue weighted by atomic mass is 15.2. The lowest BCUT2D eigenvalue weighted by Gasteiger charge is -2.27. The number of unbranched alkanes of at least 4 members (excludes halogenated alkanes) is 2. The van der Waals surface area contributed by atoms with Crippen molar-refractivity contribution in [3.8, 4) is 0 Å². The quantitative estimate of drug-likeness (QED) is 0.594. The Morgan fingerprint density at radius 3 is 2.69 bits per heavy atom. The summed E-state index contributed by atoms with van der Waals surface area (Å²) in [6.07, 6.45) is 3.99. The van der Waals surface area contributed by atoms with Gasteiger partial charge in [-0.05, 0) is 13.0 Å². The zero-order chi connectivity index (χ0) is 9.36. The van der Waals surface area contributed by atoms with Crippen molar-refractivity contribution in [3.05, 3.63) is 0 Å². The molecule has 0 bridgehead atoms. The van der Waals surface area contributed by atoms with E-state index >= 15 is 0 Å². The average molecular weight is 185 g/mol. The Balaban J connectivity index is 1.86. The van der Waals surface area contributed by atoms with E-state index in [1.165, 1.54) is 38.9 Å². The molecule has 0 amide bonds. The zero-order valence-electron chi connectivity index (χ0n) is 8.81. The fourth-order valence-corrected chi connectivity index (χ4v) is 1.61. The maximum atomic E-state index is 3.49. The van der Waals surface area contributed by atoms with E-state index in [1.807, 2.05) is 0 Å². The van der Waals surface area contributed by atoms with Crippen LogP contribution in [0.25, 0.3) is 0 Å². The Hall–Kier alpha value is -0.120. The second-order valence-corrected chi connectivity index (χ2v) is 3.73. The Bertz CT molecular complexity index is 111. The van der Waals surface area contributed by atoms with E-state index in [2.05, 4.69) is 22.5 Å². The Morgan fingerprint density at radius 1 is 1.23 bits per heavy atom. The number of nitrogens with one attached hydrogen (secondary N) is 2. The first-order chi connectivity index (χ1) is 6.43. The topological polar surface area (TPSA) is 27.3 Å². The van der Waals surface area contributed by atoms with Gasteiger partial charge in [0.15, 0.2) is 0 Å². The van der Waals surface area contributed by atoms with E-state index < -0.39 is 0 Å². The third-order valence-electron chi connectivity index (χ3n) is 2.50. The summed E-state index contributed by atoms with van der Waals surface area (Å²) in [6, 6.07) is 0. The summed E-state index contributed by atoms with van der Waals surface area (Å²) in [6.45, 7) is 9.19. The van der Waals surface area contributed by atoms with Gasteiger partial charge in [-0.15, -0.1) is 0 Å². The van der Waals surface area contributed by atoms with E-state index in [1.54, 1.807) is 0 Å². The lowest BCUT2D eigenvalue weighted by Crippen LogP contribution is -2.47. The van der Waals surface area contributed by atoms with Crippen LogP contribution in [0.3, 0.4) is 0 Å². The van der Waals surface area contributed by atoms with Gasteiger partial charge in [0.05, 0.1) is 0 Å². The second-order valence-electron chi connectivity index (χ2n) is 3.73. The standard InChI is InChI=1S/C10H23N3/c1-2-3-4-5-12-10-13-8-6-11-7-9-13/h11-12H,2-10H2,1H3. The highest BCUT2D eigenvalue weighted by Gasteiger charge is 2.07. The molecule has 0 radical (unpaired) electrons. The predicted molar refractivity (Wildman–Crippen MR) is 56.8 cm³/mol. The first-order valence-electron chi connectivity index (χ1n) is 5.57. The van der Waals surface area contributed by atoms with Gasteiger partial charge in [-0.1, -0.05) is 19.8 Å². The minimum Gasteiger partial charge on any atom is -0.314 e. The molecule has 3 heteroatoms. The van der Waals surface area contributed by atoms with Gasteiger partial charge >= 0.3 is 0 Å². The van der Waals surface area contributed by atoms with Crippen molar-refractivity contribution in [3.63, 3.8) is 0 Å². The van der Waals surface area contributed by atoms with Crippen LogP contribution in [-0.2, 0) is 0 Å². The molecule has 1 aliphatic rings. The molecule has 1 fully saturated rings. The van der Waals surface area contributed by atoms with E-state index in [-0.39, 0.29) is 0 Å². The van der Waals surface area contributed by atoms with Crippen molar-refractivity contribution in [1.29, 1.82) is 0 Å². The number of rotatable bonds is 6. The first-order valence-corrected chi connectivity index (χ1v) is 5.57. The lowest BCUT2D eigenvalue weighted by molar-refractivity contribution is 0.223. The van der Waals surface area contributed by atoms with Gasteiger partial charge in [0.1, 0.15) is 0 Å². The minimum atomic E-state index is 1.07. The summed E-state index contributed by atoms with van der Waals surface area (Å²) < 4.78 is 0. The summed E-state index contributed by atoms with van der Waals surface area (Å²) in [5.41, 5.74) is 0. The van der Waals surface area contributed by atoms with Crippen LogP contribution in [0.4, 0.5) is 0 Å². The molecule has 0 saturated carbocycles. The molecule has 0 aromatic rings. The average Bonchev–Trinajstić information content (AvgIpc) is 2.19. The molecule has 1 saturated heterocycles.